The maximum Gasteiger partial charge on any atom is 0.292 e. The number of halogens is 1. The van der Waals surface area contributed by atoms with Gasteiger partial charge in [-0.2, -0.15) is 0 Å². The molecule has 1 aliphatic rings. The van der Waals surface area contributed by atoms with E-state index in [9.17, 15) is 14.5 Å². The van der Waals surface area contributed by atoms with Crippen LogP contribution in [0, 0.1) is 15.9 Å². The van der Waals surface area contributed by atoms with Crippen LogP contribution in [0.1, 0.15) is 29.3 Å². The van der Waals surface area contributed by atoms with Crippen molar-refractivity contribution in [1.82, 2.24) is 0 Å². The first-order valence-corrected chi connectivity index (χ1v) is 7.30. The fourth-order valence-electron chi connectivity index (χ4n) is 2.61. The van der Waals surface area contributed by atoms with Gasteiger partial charge >= 0.3 is 0 Å². The van der Waals surface area contributed by atoms with Crippen molar-refractivity contribution in [3.63, 3.8) is 0 Å². The number of thiophene rings is 1. The van der Waals surface area contributed by atoms with Gasteiger partial charge in [0.15, 0.2) is 0 Å². The van der Waals surface area contributed by atoms with Crippen molar-refractivity contribution in [2.24, 2.45) is 0 Å². The van der Waals surface area contributed by atoms with E-state index in [0.29, 0.717) is 0 Å². The number of rotatable bonds is 3. The smallest absolute Gasteiger partial charge is 0.292 e. The predicted octanol–water partition coefficient (Wildman–Crippen LogP) is 4.28. The van der Waals surface area contributed by atoms with E-state index >= 15 is 0 Å². The van der Waals surface area contributed by atoms with E-state index in [1.54, 1.807) is 11.3 Å². The fourth-order valence-corrected chi connectivity index (χ4v) is 3.59. The zero-order chi connectivity index (χ0) is 14.1. The molecule has 0 saturated heterocycles. The van der Waals surface area contributed by atoms with E-state index in [2.05, 4.69) is 5.32 Å². The van der Waals surface area contributed by atoms with Gasteiger partial charge in [0.2, 0.25) is 0 Å². The number of nitro benzene ring substituents is 1. The van der Waals surface area contributed by atoms with Crippen molar-refractivity contribution in [2.75, 3.05) is 5.32 Å². The van der Waals surface area contributed by atoms with Crippen molar-refractivity contribution < 1.29 is 9.31 Å². The Labute approximate surface area is 119 Å². The number of nitro groups is 1. The zero-order valence-corrected chi connectivity index (χ0v) is 11.5. The average Bonchev–Trinajstić information content (AvgIpc) is 2.88. The molecule has 1 aromatic heterocycles. The minimum Gasteiger partial charge on any atom is -0.373 e. The van der Waals surface area contributed by atoms with E-state index in [1.165, 1.54) is 22.6 Å². The Morgan fingerprint density at radius 3 is 3.05 bits per heavy atom. The molecule has 0 fully saturated rings. The first kappa shape index (κ1) is 13.1. The summed E-state index contributed by atoms with van der Waals surface area (Å²) in [7, 11) is 0. The highest BCUT2D eigenvalue weighted by Gasteiger charge is 2.24. The summed E-state index contributed by atoms with van der Waals surface area (Å²) in [5.41, 5.74) is 1.34. The summed E-state index contributed by atoms with van der Waals surface area (Å²) in [5, 5.41) is 16.2. The molecule has 0 radical (unpaired) electrons. The van der Waals surface area contributed by atoms with Gasteiger partial charge in [0, 0.05) is 17.0 Å². The van der Waals surface area contributed by atoms with Crippen molar-refractivity contribution in [3.8, 4) is 0 Å². The Balaban J connectivity index is 1.93. The summed E-state index contributed by atoms with van der Waals surface area (Å²) in [6, 6.07) is 5.57. The SMILES string of the molecule is O=[N+]([O-])c1ccc(F)cc1NC1CCCc2sccc21. The molecule has 1 atom stereocenters. The van der Waals surface area contributed by atoms with Crippen molar-refractivity contribution >= 4 is 22.7 Å². The third kappa shape index (κ3) is 2.38. The Kier molecular flexibility index (Phi) is 3.40. The Morgan fingerprint density at radius 1 is 1.40 bits per heavy atom. The number of aryl methyl sites for hydroxylation is 1. The van der Waals surface area contributed by atoms with Crippen LogP contribution in [0.5, 0.6) is 0 Å². The Bertz CT molecular complexity index is 656. The van der Waals surface area contributed by atoms with Gasteiger partial charge in [-0.15, -0.1) is 11.3 Å². The fraction of sp³-hybridized carbons (Fsp3) is 0.286. The lowest BCUT2D eigenvalue weighted by atomic mass is 9.94. The predicted molar refractivity (Wildman–Crippen MR) is 76.7 cm³/mol. The number of hydrogen-bond donors (Lipinski definition) is 1. The highest BCUT2D eigenvalue weighted by Crippen LogP contribution is 2.37. The molecule has 6 heteroatoms. The molecule has 0 aliphatic heterocycles. The standard InChI is InChI=1S/C14H13FN2O2S/c15-9-4-5-13(17(18)19)12(8-9)16-11-2-1-3-14-10(11)6-7-20-14/h4-8,11,16H,1-3H2. The number of anilines is 1. The van der Waals surface area contributed by atoms with Crippen LogP contribution in [0.3, 0.4) is 0 Å². The van der Waals surface area contributed by atoms with Gasteiger partial charge in [-0.05, 0) is 42.3 Å². The highest BCUT2D eigenvalue weighted by molar-refractivity contribution is 7.10. The van der Waals surface area contributed by atoms with Crippen molar-refractivity contribution in [3.05, 3.63) is 56.0 Å². The van der Waals surface area contributed by atoms with E-state index < -0.39 is 10.7 Å². The summed E-state index contributed by atoms with van der Waals surface area (Å²) in [6.45, 7) is 0. The van der Waals surface area contributed by atoms with Gasteiger partial charge < -0.3 is 5.32 Å². The van der Waals surface area contributed by atoms with E-state index in [1.807, 2.05) is 11.4 Å². The lowest BCUT2D eigenvalue weighted by Gasteiger charge is -2.24. The monoisotopic (exact) mass is 292 g/mol. The summed E-state index contributed by atoms with van der Waals surface area (Å²) >= 11 is 1.71. The summed E-state index contributed by atoms with van der Waals surface area (Å²) in [6.07, 6.45) is 2.99. The van der Waals surface area contributed by atoms with Gasteiger partial charge in [0.1, 0.15) is 11.5 Å². The molecule has 2 aromatic rings. The van der Waals surface area contributed by atoms with Crippen LogP contribution in [0.2, 0.25) is 0 Å². The van der Waals surface area contributed by atoms with E-state index in [-0.39, 0.29) is 17.4 Å². The normalized spacial score (nSPS) is 17.6. The molecule has 1 aliphatic carbocycles. The third-order valence-electron chi connectivity index (χ3n) is 3.54. The first-order chi connectivity index (χ1) is 9.65. The summed E-state index contributed by atoms with van der Waals surface area (Å²) in [4.78, 5) is 11.8. The molecule has 0 amide bonds. The van der Waals surface area contributed by atoms with Crippen LogP contribution >= 0.6 is 11.3 Å². The van der Waals surface area contributed by atoms with Crippen molar-refractivity contribution in [1.29, 1.82) is 0 Å². The molecule has 4 nitrogen and oxygen atoms in total. The molecule has 104 valence electrons. The van der Waals surface area contributed by atoms with Crippen LogP contribution < -0.4 is 5.32 Å². The maximum atomic E-state index is 13.3. The number of nitrogens with one attached hydrogen (secondary N) is 1. The number of fused-ring (bicyclic) bond motifs is 1. The highest BCUT2D eigenvalue weighted by atomic mass is 32.1. The third-order valence-corrected chi connectivity index (χ3v) is 4.53. The topological polar surface area (TPSA) is 55.2 Å². The molecule has 0 saturated carbocycles. The van der Waals surface area contributed by atoms with E-state index in [0.717, 1.165) is 25.3 Å². The van der Waals surface area contributed by atoms with Crippen LogP contribution in [-0.4, -0.2) is 4.92 Å². The Hall–Kier alpha value is -1.95. The van der Waals surface area contributed by atoms with Gasteiger partial charge in [0.25, 0.3) is 5.69 Å². The molecule has 1 heterocycles. The molecular formula is C14H13FN2O2S. The zero-order valence-electron chi connectivity index (χ0n) is 10.6. The molecule has 1 aromatic carbocycles. The lowest BCUT2D eigenvalue weighted by Crippen LogP contribution is -2.16. The lowest BCUT2D eigenvalue weighted by molar-refractivity contribution is -0.384. The quantitative estimate of drug-likeness (QED) is 0.678. The second kappa shape index (κ2) is 5.20. The molecule has 3 rings (SSSR count). The van der Waals surface area contributed by atoms with Crippen LogP contribution in [0.4, 0.5) is 15.8 Å². The molecule has 1 unspecified atom stereocenters. The second-order valence-corrected chi connectivity index (χ2v) is 5.81. The first-order valence-electron chi connectivity index (χ1n) is 6.42. The largest absolute Gasteiger partial charge is 0.373 e. The minimum atomic E-state index is -0.487. The number of hydrogen-bond acceptors (Lipinski definition) is 4. The summed E-state index contributed by atoms with van der Waals surface area (Å²) in [5.74, 6) is -0.473. The van der Waals surface area contributed by atoms with Gasteiger partial charge in [0.05, 0.1) is 11.0 Å². The van der Waals surface area contributed by atoms with Crippen LogP contribution in [0.15, 0.2) is 29.6 Å². The summed E-state index contributed by atoms with van der Waals surface area (Å²) < 4.78 is 13.3. The molecule has 20 heavy (non-hydrogen) atoms. The maximum absolute atomic E-state index is 13.3. The van der Waals surface area contributed by atoms with Crippen molar-refractivity contribution in [2.45, 2.75) is 25.3 Å². The average molecular weight is 292 g/mol. The number of nitrogens with zero attached hydrogens (tertiary/aromatic N) is 1. The van der Waals surface area contributed by atoms with Gasteiger partial charge in [-0.1, -0.05) is 0 Å². The van der Waals surface area contributed by atoms with Gasteiger partial charge in [-0.25, -0.2) is 4.39 Å². The molecule has 1 N–H and O–H groups in total. The van der Waals surface area contributed by atoms with Gasteiger partial charge in [-0.3, -0.25) is 10.1 Å². The second-order valence-electron chi connectivity index (χ2n) is 4.81. The minimum absolute atomic E-state index is 0.0190. The number of benzene rings is 1. The Morgan fingerprint density at radius 2 is 2.25 bits per heavy atom. The van der Waals surface area contributed by atoms with Crippen LogP contribution in [0.25, 0.3) is 0 Å². The molecular weight excluding hydrogens is 279 g/mol. The van der Waals surface area contributed by atoms with Crippen LogP contribution in [-0.2, 0) is 6.42 Å². The van der Waals surface area contributed by atoms with E-state index in [4.69, 9.17) is 0 Å². The molecule has 0 bridgehead atoms. The molecule has 0 spiro atoms.